The van der Waals surface area contributed by atoms with Gasteiger partial charge in [0.1, 0.15) is 0 Å². The number of carbonyl (C=O) groups is 1. The van der Waals surface area contributed by atoms with Gasteiger partial charge in [-0.2, -0.15) is 0 Å². The second-order valence-corrected chi connectivity index (χ2v) is 5.46. The predicted octanol–water partition coefficient (Wildman–Crippen LogP) is 1.60. The number of hydrogen-bond acceptors (Lipinski definition) is 3. The van der Waals surface area contributed by atoms with E-state index in [0.717, 1.165) is 30.4 Å². The number of nitrogens with two attached hydrogens (primary N) is 1. The van der Waals surface area contributed by atoms with Gasteiger partial charge in [-0.05, 0) is 43.9 Å². The van der Waals surface area contributed by atoms with Gasteiger partial charge in [0.15, 0.2) is 0 Å². The van der Waals surface area contributed by atoms with Crippen LogP contribution in [0.4, 0.5) is 0 Å². The third-order valence-electron chi connectivity index (χ3n) is 4.09. The van der Waals surface area contributed by atoms with Gasteiger partial charge in [0.05, 0.1) is 12.1 Å². The summed E-state index contributed by atoms with van der Waals surface area (Å²) in [5, 5.41) is 2.96. The fraction of sp³-hybridized carbons (Fsp3) is 0.471. The van der Waals surface area contributed by atoms with Gasteiger partial charge in [-0.1, -0.05) is 17.9 Å². The topological polar surface area (TPSA) is 64.3 Å². The standard InChI is InChI=1S/C17H22N2O2/c1-13-6-7-15(11-14(13)5-3-10-18)16(20)19-12-17(21-2)8-4-9-17/h6-7,11H,4,8-10,12,18H2,1-2H3,(H,19,20). The van der Waals surface area contributed by atoms with Crippen LogP contribution in [0.2, 0.25) is 0 Å². The molecule has 4 heteroatoms. The fourth-order valence-corrected chi connectivity index (χ4v) is 2.41. The first kappa shape index (κ1) is 15.6. The average Bonchev–Trinajstić information content (AvgIpc) is 2.45. The maximum absolute atomic E-state index is 12.2. The molecule has 0 aliphatic heterocycles. The van der Waals surface area contributed by atoms with Crippen molar-refractivity contribution in [1.82, 2.24) is 5.32 Å². The van der Waals surface area contributed by atoms with E-state index in [-0.39, 0.29) is 11.5 Å². The Balaban J connectivity index is 2.05. The molecule has 0 atom stereocenters. The monoisotopic (exact) mass is 286 g/mol. The molecule has 1 aliphatic carbocycles. The summed E-state index contributed by atoms with van der Waals surface area (Å²) in [6, 6.07) is 5.54. The zero-order chi connectivity index (χ0) is 15.3. The van der Waals surface area contributed by atoms with Crippen LogP contribution in [0.1, 0.15) is 40.7 Å². The number of aryl methyl sites for hydroxylation is 1. The first-order valence-corrected chi connectivity index (χ1v) is 7.23. The van der Waals surface area contributed by atoms with Crippen molar-refractivity contribution in [2.75, 3.05) is 20.2 Å². The zero-order valence-corrected chi connectivity index (χ0v) is 12.7. The number of methoxy groups -OCH3 is 1. The molecule has 112 valence electrons. The molecule has 0 saturated heterocycles. The van der Waals surface area contributed by atoms with E-state index in [1.54, 1.807) is 7.11 Å². The van der Waals surface area contributed by atoms with Gasteiger partial charge in [0, 0.05) is 24.8 Å². The van der Waals surface area contributed by atoms with Gasteiger partial charge in [0.25, 0.3) is 5.91 Å². The van der Waals surface area contributed by atoms with Gasteiger partial charge in [-0.3, -0.25) is 4.79 Å². The highest BCUT2D eigenvalue weighted by atomic mass is 16.5. The number of ether oxygens (including phenoxy) is 1. The lowest BCUT2D eigenvalue weighted by molar-refractivity contribution is -0.0679. The maximum Gasteiger partial charge on any atom is 0.251 e. The van der Waals surface area contributed by atoms with Gasteiger partial charge in [-0.25, -0.2) is 0 Å². The molecule has 21 heavy (non-hydrogen) atoms. The van der Waals surface area contributed by atoms with E-state index in [1.165, 1.54) is 0 Å². The van der Waals surface area contributed by atoms with E-state index in [9.17, 15) is 4.79 Å². The Bertz CT molecular complexity index is 575. The Hall–Kier alpha value is -1.83. The third kappa shape index (κ3) is 3.63. The minimum atomic E-state index is -0.164. The number of hydrogen-bond donors (Lipinski definition) is 2. The van der Waals surface area contributed by atoms with Gasteiger partial charge in [0.2, 0.25) is 0 Å². The Morgan fingerprint density at radius 3 is 2.81 bits per heavy atom. The summed E-state index contributed by atoms with van der Waals surface area (Å²) in [7, 11) is 1.71. The predicted molar refractivity (Wildman–Crippen MR) is 83.0 cm³/mol. The minimum absolute atomic E-state index is 0.0888. The second kappa shape index (κ2) is 6.75. The first-order chi connectivity index (χ1) is 10.1. The average molecular weight is 286 g/mol. The van der Waals surface area contributed by atoms with Crippen LogP contribution < -0.4 is 11.1 Å². The maximum atomic E-state index is 12.2. The van der Waals surface area contributed by atoms with Crippen molar-refractivity contribution in [3.8, 4) is 11.8 Å². The SMILES string of the molecule is COC1(CNC(=O)c2ccc(C)c(C#CCN)c2)CCC1. The number of rotatable bonds is 4. The lowest BCUT2D eigenvalue weighted by Crippen LogP contribution is -2.49. The number of carbonyl (C=O) groups excluding carboxylic acids is 1. The molecule has 0 bridgehead atoms. The highest BCUT2D eigenvalue weighted by Gasteiger charge is 2.37. The van der Waals surface area contributed by atoms with Crippen LogP contribution in [0.3, 0.4) is 0 Å². The van der Waals surface area contributed by atoms with Crippen molar-refractivity contribution < 1.29 is 9.53 Å². The number of amides is 1. The third-order valence-corrected chi connectivity index (χ3v) is 4.09. The molecule has 1 saturated carbocycles. The van der Waals surface area contributed by atoms with Crippen molar-refractivity contribution in [3.05, 3.63) is 34.9 Å². The summed E-state index contributed by atoms with van der Waals surface area (Å²) < 4.78 is 5.51. The lowest BCUT2D eigenvalue weighted by Gasteiger charge is -2.40. The quantitative estimate of drug-likeness (QED) is 0.826. The largest absolute Gasteiger partial charge is 0.376 e. The van der Waals surface area contributed by atoms with E-state index in [2.05, 4.69) is 17.2 Å². The van der Waals surface area contributed by atoms with Gasteiger partial charge >= 0.3 is 0 Å². The van der Waals surface area contributed by atoms with Gasteiger partial charge < -0.3 is 15.8 Å². The molecule has 0 spiro atoms. The van der Waals surface area contributed by atoms with Crippen LogP contribution in [0.15, 0.2) is 18.2 Å². The molecule has 4 nitrogen and oxygen atoms in total. The van der Waals surface area contributed by atoms with Crippen molar-refractivity contribution in [3.63, 3.8) is 0 Å². The van der Waals surface area contributed by atoms with E-state index in [0.29, 0.717) is 18.7 Å². The van der Waals surface area contributed by atoms with Crippen LogP contribution in [0.5, 0.6) is 0 Å². The lowest BCUT2D eigenvalue weighted by atomic mass is 9.80. The fourth-order valence-electron chi connectivity index (χ4n) is 2.41. The minimum Gasteiger partial charge on any atom is -0.376 e. The van der Waals surface area contributed by atoms with E-state index in [4.69, 9.17) is 10.5 Å². The zero-order valence-electron chi connectivity index (χ0n) is 12.7. The summed E-state index contributed by atoms with van der Waals surface area (Å²) in [6.07, 6.45) is 3.17. The Kier molecular flexibility index (Phi) is 5.00. The van der Waals surface area contributed by atoms with Crippen molar-refractivity contribution >= 4 is 5.91 Å². The normalized spacial score (nSPS) is 15.6. The summed E-state index contributed by atoms with van der Waals surface area (Å²) in [4.78, 5) is 12.2. The van der Waals surface area contributed by atoms with Crippen molar-refractivity contribution in [2.45, 2.75) is 31.8 Å². The van der Waals surface area contributed by atoms with E-state index < -0.39 is 0 Å². The molecule has 0 unspecified atom stereocenters. The van der Waals surface area contributed by atoms with Crippen molar-refractivity contribution in [1.29, 1.82) is 0 Å². The molecule has 2 rings (SSSR count). The summed E-state index contributed by atoms with van der Waals surface area (Å²) in [5.41, 5.74) is 7.73. The smallest absolute Gasteiger partial charge is 0.251 e. The van der Waals surface area contributed by atoms with Crippen molar-refractivity contribution in [2.24, 2.45) is 5.73 Å². The number of nitrogens with one attached hydrogen (secondary N) is 1. The highest BCUT2D eigenvalue weighted by molar-refractivity contribution is 5.94. The summed E-state index contributed by atoms with van der Waals surface area (Å²) >= 11 is 0. The molecule has 1 fully saturated rings. The molecule has 1 amide bonds. The van der Waals surface area contributed by atoms with Crippen LogP contribution in [-0.2, 0) is 4.74 Å². The summed E-state index contributed by atoms with van der Waals surface area (Å²) in [5.74, 6) is 5.73. The highest BCUT2D eigenvalue weighted by Crippen LogP contribution is 2.34. The molecular formula is C17H22N2O2. The van der Waals surface area contributed by atoms with E-state index in [1.807, 2.05) is 25.1 Å². The van der Waals surface area contributed by atoms with E-state index >= 15 is 0 Å². The van der Waals surface area contributed by atoms with Gasteiger partial charge in [-0.15, -0.1) is 0 Å². The first-order valence-electron chi connectivity index (χ1n) is 7.23. The number of benzene rings is 1. The molecule has 1 aromatic carbocycles. The van der Waals surface area contributed by atoms with Crippen LogP contribution >= 0.6 is 0 Å². The molecule has 0 radical (unpaired) electrons. The second-order valence-electron chi connectivity index (χ2n) is 5.46. The Morgan fingerprint density at radius 1 is 1.48 bits per heavy atom. The Morgan fingerprint density at radius 2 is 2.24 bits per heavy atom. The molecule has 3 N–H and O–H groups in total. The molecule has 1 aromatic rings. The van der Waals surface area contributed by atoms with Crippen LogP contribution in [-0.4, -0.2) is 31.7 Å². The van der Waals surface area contributed by atoms with Crippen LogP contribution in [0.25, 0.3) is 0 Å². The molecule has 0 heterocycles. The molecular weight excluding hydrogens is 264 g/mol. The summed E-state index contributed by atoms with van der Waals surface area (Å²) in [6.45, 7) is 2.84. The van der Waals surface area contributed by atoms with Crippen LogP contribution in [0, 0.1) is 18.8 Å². The molecule has 1 aliphatic rings. The Labute approximate surface area is 126 Å². The molecule has 0 aromatic heterocycles.